The van der Waals surface area contributed by atoms with Gasteiger partial charge in [0.15, 0.2) is 0 Å². The van der Waals surface area contributed by atoms with Crippen molar-refractivity contribution in [2.75, 3.05) is 13.1 Å². The summed E-state index contributed by atoms with van der Waals surface area (Å²) in [7, 11) is 0. The second-order valence-electron chi connectivity index (χ2n) is 10.3. The van der Waals surface area contributed by atoms with Crippen LogP contribution in [0.25, 0.3) is 0 Å². The first-order valence-corrected chi connectivity index (χ1v) is 13.8. The third-order valence-corrected chi connectivity index (χ3v) is 5.85. The molecule has 15 heteroatoms. The standard InChI is InChI=1S/C28H37N5O7.C2H4O2.H2O/c1-17(2)12-23(28(39)40)33-27(38)22(14-18-6-4-3-5-7-18)32-25(36)16-30-24(35)15-31-26(37)21(29)13-19-8-10-20(34)11-9-19;1-2(3)4;/h3-11,17,21-23,34H,12-16,29H2,1-2H3,(H,30,35)(H,31,37)(H,32,36)(H,33,38)(H,39,40);1H3,(H,3,4);1H2/t21-,22-,23-;;/m0../s1. The summed E-state index contributed by atoms with van der Waals surface area (Å²) in [5.74, 6) is -4.45. The summed E-state index contributed by atoms with van der Waals surface area (Å²) in [4.78, 5) is 70.6. The molecular weight excluding hydrogens is 590 g/mol. The van der Waals surface area contributed by atoms with Crippen molar-refractivity contribution < 1.29 is 49.6 Å². The van der Waals surface area contributed by atoms with Crippen molar-refractivity contribution in [3.05, 3.63) is 65.7 Å². The van der Waals surface area contributed by atoms with Crippen molar-refractivity contribution in [3.63, 3.8) is 0 Å². The largest absolute Gasteiger partial charge is 0.508 e. The zero-order valence-corrected chi connectivity index (χ0v) is 25.4. The molecular formula is C30H43N5O10. The number of aromatic hydroxyl groups is 1. The number of nitrogens with one attached hydrogen (secondary N) is 4. The van der Waals surface area contributed by atoms with E-state index in [1.807, 2.05) is 13.8 Å². The third-order valence-electron chi connectivity index (χ3n) is 5.85. The van der Waals surface area contributed by atoms with Crippen LogP contribution in [0.2, 0.25) is 0 Å². The fourth-order valence-corrected chi connectivity index (χ4v) is 3.79. The molecule has 2 aromatic carbocycles. The van der Waals surface area contributed by atoms with Gasteiger partial charge in [-0.3, -0.25) is 24.0 Å². The second kappa shape index (κ2) is 20.8. The van der Waals surface area contributed by atoms with Crippen LogP contribution in [-0.4, -0.2) is 87.6 Å². The average molecular weight is 634 g/mol. The monoisotopic (exact) mass is 633 g/mol. The minimum atomic E-state index is -1.18. The molecule has 0 aliphatic heterocycles. The van der Waals surface area contributed by atoms with E-state index in [-0.39, 0.29) is 36.4 Å². The Morgan fingerprint density at radius 2 is 1.27 bits per heavy atom. The van der Waals surface area contributed by atoms with Crippen LogP contribution in [0.15, 0.2) is 54.6 Å². The molecule has 4 amide bonds. The maximum atomic E-state index is 13.0. The van der Waals surface area contributed by atoms with Crippen molar-refractivity contribution in [2.45, 2.75) is 58.2 Å². The molecule has 248 valence electrons. The number of carboxylic acids is 2. The van der Waals surface area contributed by atoms with Crippen molar-refractivity contribution in [1.82, 2.24) is 21.3 Å². The van der Waals surface area contributed by atoms with Gasteiger partial charge in [0, 0.05) is 13.3 Å². The van der Waals surface area contributed by atoms with Gasteiger partial charge in [0.1, 0.15) is 17.8 Å². The SMILES string of the molecule is CC(=O)O.CC(C)C[C@H](NC(=O)[C@H](Cc1ccccc1)NC(=O)CNC(=O)CNC(=O)[C@@H](N)Cc1ccc(O)cc1)C(=O)O.O. The Hall–Kier alpha value is -5.02. The first kappa shape index (κ1) is 40.0. The van der Waals surface area contributed by atoms with E-state index in [9.17, 15) is 34.2 Å². The van der Waals surface area contributed by atoms with E-state index in [0.717, 1.165) is 18.1 Å². The van der Waals surface area contributed by atoms with Gasteiger partial charge in [0.2, 0.25) is 23.6 Å². The number of carbonyl (C=O) groups excluding carboxylic acids is 4. The fourth-order valence-electron chi connectivity index (χ4n) is 3.79. The lowest BCUT2D eigenvalue weighted by atomic mass is 10.0. The number of hydrogen-bond donors (Lipinski definition) is 8. The highest BCUT2D eigenvalue weighted by Gasteiger charge is 2.27. The zero-order chi connectivity index (χ0) is 33.2. The average Bonchev–Trinajstić information content (AvgIpc) is 2.95. The van der Waals surface area contributed by atoms with Crippen molar-refractivity contribution in [3.8, 4) is 5.75 Å². The van der Waals surface area contributed by atoms with Crippen LogP contribution < -0.4 is 27.0 Å². The second-order valence-corrected chi connectivity index (χ2v) is 10.3. The number of amides is 4. The van der Waals surface area contributed by atoms with Crippen molar-refractivity contribution >= 4 is 35.6 Å². The summed E-state index contributed by atoms with van der Waals surface area (Å²) in [6.45, 7) is 3.86. The van der Waals surface area contributed by atoms with Crippen LogP contribution in [0.1, 0.15) is 38.3 Å². The Morgan fingerprint density at radius 1 is 0.733 bits per heavy atom. The highest BCUT2D eigenvalue weighted by atomic mass is 16.4. The molecule has 0 radical (unpaired) electrons. The van der Waals surface area contributed by atoms with Crippen LogP contribution >= 0.6 is 0 Å². The molecule has 2 rings (SSSR count). The Morgan fingerprint density at radius 3 is 1.80 bits per heavy atom. The van der Waals surface area contributed by atoms with Gasteiger partial charge in [-0.1, -0.05) is 56.3 Å². The predicted molar refractivity (Wildman–Crippen MR) is 164 cm³/mol. The van der Waals surface area contributed by atoms with E-state index in [2.05, 4.69) is 21.3 Å². The minimum absolute atomic E-state index is 0. The molecule has 0 heterocycles. The number of phenolic OH excluding ortho intramolecular Hbond substituents is 1. The highest BCUT2D eigenvalue weighted by Crippen LogP contribution is 2.11. The summed E-state index contributed by atoms with van der Waals surface area (Å²) in [5, 5.41) is 36.0. The molecule has 11 N–H and O–H groups in total. The summed E-state index contributed by atoms with van der Waals surface area (Å²) in [6, 6.07) is 12.0. The molecule has 0 saturated heterocycles. The van der Waals surface area contributed by atoms with Gasteiger partial charge < -0.3 is 47.8 Å². The Bertz CT molecular complexity index is 1250. The summed E-state index contributed by atoms with van der Waals surface area (Å²) in [5.41, 5.74) is 7.35. The Balaban J connectivity index is 0.00000364. The highest BCUT2D eigenvalue weighted by molar-refractivity contribution is 5.93. The lowest BCUT2D eigenvalue weighted by Gasteiger charge is -2.22. The molecule has 3 atom stereocenters. The quantitative estimate of drug-likeness (QED) is 0.120. The lowest BCUT2D eigenvalue weighted by molar-refractivity contribution is -0.142. The van der Waals surface area contributed by atoms with E-state index in [0.29, 0.717) is 0 Å². The van der Waals surface area contributed by atoms with Crippen LogP contribution in [0, 0.1) is 5.92 Å². The summed E-state index contributed by atoms with van der Waals surface area (Å²) < 4.78 is 0. The maximum absolute atomic E-state index is 13.0. The molecule has 0 spiro atoms. The first-order valence-electron chi connectivity index (χ1n) is 13.8. The summed E-state index contributed by atoms with van der Waals surface area (Å²) in [6.07, 6.45) is 0.518. The topological polar surface area (TPSA) is 269 Å². The summed E-state index contributed by atoms with van der Waals surface area (Å²) >= 11 is 0. The van der Waals surface area contributed by atoms with Gasteiger partial charge in [0.05, 0.1) is 19.1 Å². The molecule has 2 aromatic rings. The van der Waals surface area contributed by atoms with E-state index in [4.69, 9.17) is 15.6 Å². The number of carboxylic acid groups (broad SMARTS) is 2. The van der Waals surface area contributed by atoms with Gasteiger partial charge in [-0.2, -0.15) is 0 Å². The molecule has 0 aromatic heterocycles. The molecule has 45 heavy (non-hydrogen) atoms. The first-order chi connectivity index (χ1) is 20.7. The lowest BCUT2D eigenvalue weighted by Crippen LogP contribution is -2.54. The van der Waals surface area contributed by atoms with Crippen molar-refractivity contribution in [1.29, 1.82) is 0 Å². The molecule has 0 aliphatic carbocycles. The van der Waals surface area contributed by atoms with Crippen LogP contribution in [0.3, 0.4) is 0 Å². The number of benzene rings is 2. The van der Waals surface area contributed by atoms with Gasteiger partial charge in [-0.25, -0.2) is 4.79 Å². The molecule has 15 nitrogen and oxygen atoms in total. The maximum Gasteiger partial charge on any atom is 0.326 e. The number of aliphatic carboxylic acids is 2. The van der Waals surface area contributed by atoms with Gasteiger partial charge in [-0.05, 0) is 42.0 Å². The Labute approximate surface area is 260 Å². The smallest absolute Gasteiger partial charge is 0.326 e. The molecule has 0 aliphatic rings. The molecule has 0 fully saturated rings. The van der Waals surface area contributed by atoms with Gasteiger partial charge in [0.25, 0.3) is 5.97 Å². The normalized spacial score (nSPS) is 12.1. The zero-order valence-electron chi connectivity index (χ0n) is 25.4. The molecule has 0 unspecified atom stereocenters. The minimum Gasteiger partial charge on any atom is -0.508 e. The number of phenols is 1. The number of rotatable bonds is 15. The molecule has 0 bridgehead atoms. The third kappa shape index (κ3) is 17.6. The van der Waals surface area contributed by atoms with Gasteiger partial charge >= 0.3 is 5.97 Å². The van der Waals surface area contributed by atoms with E-state index < -0.39 is 66.8 Å². The Kier molecular flexibility index (Phi) is 18.5. The van der Waals surface area contributed by atoms with Crippen molar-refractivity contribution in [2.24, 2.45) is 11.7 Å². The number of nitrogens with two attached hydrogens (primary N) is 1. The van der Waals surface area contributed by atoms with Crippen LogP contribution in [0.5, 0.6) is 5.75 Å². The van der Waals surface area contributed by atoms with E-state index in [1.165, 1.54) is 12.1 Å². The van der Waals surface area contributed by atoms with Crippen LogP contribution in [0.4, 0.5) is 0 Å². The van der Waals surface area contributed by atoms with Crippen LogP contribution in [-0.2, 0) is 41.6 Å². The van der Waals surface area contributed by atoms with Gasteiger partial charge in [-0.15, -0.1) is 0 Å². The van der Waals surface area contributed by atoms with E-state index in [1.54, 1.807) is 42.5 Å². The fraction of sp³-hybridized carbons (Fsp3) is 0.400. The number of hydrogen-bond acceptors (Lipinski definition) is 8. The molecule has 0 saturated carbocycles. The number of carbonyl (C=O) groups is 6. The van der Waals surface area contributed by atoms with E-state index >= 15 is 0 Å². The predicted octanol–water partition coefficient (Wildman–Crippen LogP) is -0.896.